The lowest BCUT2D eigenvalue weighted by molar-refractivity contribution is -0.132. The minimum absolute atomic E-state index is 0.0218. The molecule has 1 unspecified atom stereocenters. The highest BCUT2D eigenvalue weighted by Gasteiger charge is 2.50. The topological polar surface area (TPSA) is 199 Å². The number of halogens is 6. The Labute approximate surface area is 476 Å². The number of carbonyl (C=O) groups is 2. The van der Waals surface area contributed by atoms with Gasteiger partial charge in [0.05, 0.1) is 79.7 Å². The molecule has 0 spiro atoms. The summed E-state index contributed by atoms with van der Waals surface area (Å²) in [6.07, 6.45) is 1.06. The van der Waals surface area contributed by atoms with Gasteiger partial charge in [-0.15, -0.1) is 0 Å². The van der Waals surface area contributed by atoms with Gasteiger partial charge < -0.3 is 29.9 Å². The van der Waals surface area contributed by atoms with Crippen LogP contribution in [0, 0.1) is 34.5 Å². The highest BCUT2D eigenvalue weighted by atomic mass is 35.5. The Morgan fingerprint density at radius 2 is 0.882 bits per heavy atom. The van der Waals surface area contributed by atoms with E-state index in [1.165, 1.54) is 36.4 Å². The number of nitriles is 2. The SMILES string of the molecule is CCN1CCC(C#N)(NC(=O)[C@@H]2C[C@@H](S(=O)(=O)c3ccc(Cl)cc3Cl)C[C@H]2OCc2ccc(Cl)cc2)CC1.CCN1CCC(C#N)(NC(=O)[C@H]2CC(S(=O)(=O)c3ccc(Cl)cc3Cl)C[C@@H]2OCc2ccc(Cl)cc2)CC1. The Balaban J connectivity index is 0.000000221. The van der Waals surface area contributed by atoms with Crippen LogP contribution in [0.4, 0.5) is 0 Å². The fourth-order valence-electron chi connectivity index (χ4n) is 10.4. The molecule has 2 heterocycles. The molecule has 4 aromatic rings. The summed E-state index contributed by atoms with van der Waals surface area (Å²) in [5.41, 5.74) is -0.276. The van der Waals surface area contributed by atoms with E-state index >= 15 is 0 Å². The van der Waals surface area contributed by atoms with E-state index in [-0.39, 0.29) is 70.5 Å². The van der Waals surface area contributed by atoms with Gasteiger partial charge in [0, 0.05) is 46.3 Å². The molecule has 2 N–H and O–H groups in total. The molecule has 2 aliphatic heterocycles. The third kappa shape index (κ3) is 14.5. The fourth-order valence-corrected chi connectivity index (χ4v) is 15.8. The first-order valence-corrected chi connectivity index (χ1v) is 30.5. The van der Waals surface area contributed by atoms with E-state index in [0.29, 0.717) is 72.0 Å². The number of rotatable bonds is 16. The minimum atomic E-state index is -3.88. The molecule has 4 aliphatic rings. The molecule has 2 saturated heterocycles. The van der Waals surface area contributed by atoms with E-state index in [9.17, 15) is 36.9 Å². The van der Waals surface area contributed by atoms with Crippen molar-refractivity contribution in [3.05, 3.63) is 126 Å². The maximum Gasteiger partial charge on any atom is 0.227 e. The number of hydrogen-bond acceptors (Lipinski definition) is 12. The maximum absolute atomic E-state index is 13.6. The quantitative estimate of drug-likeness (QED) is 0.108. The second-order valence-corrected chi connectivity index (χ2v) is 26.8. The molecule has 0 bridgehead atoms. The largest absolute Gasteiger partial charge is 0.373 e. The van der Waals surface area contributed by atoms with E-state index in [0.717, 1.165) is 24.2 Å². The smallest absolute Gasteiger partial charge is 0.227 e. The van der Waals surface area contributed by atoms with Crippen LogP contribution in [0.15, 0.2) is 94.7 Å². The number of benzene rings is 4. The first-order chi connectivity index (χ1) is 36.1. The molecule has 2 amide bonds. The Bertz CT molecular complexity index is 2810. The molecule has 22 heteroatoms. The van der Waals surface area contributed by atoms with Gasteiger partial charge in [-0.25, -0.2) is 16.8 Å². The molecular formula is C54H60Cl6N6O8S2. The highest BCUT2D eigenvalue weighted by Crippen LogP contribution is 2.41. The van der Waals surface area contributed by atoms with Crippen molar-refractivity contribution in [1.82, 2.24) is 20.4 Å². The van der Waals surface area contributed by atoms with Crippen LogP contribution in [0.5, 0.6) is 0 Å². The summed E-state index contributed by atoms with van der Waals surface area (Å²) in [6.45, 7) is 9.09. The molecule has 4 aromatic carbocycles. The van der Waals surface area contributed by atoms with Gasteiger partial charge >= 0.3 is 0 Å². The summed E-state index contributed by atoms with van der Waals surface area (Å²) >= 11 is 36.4. The first kappa shape index (κ1) is 59.9. The lowest BCUT2D eigenvalue weighted by Gasteiger charge is -2.38. The fraction of sp³-hybridized carbons (Fsp3) is 0.481. The van der Waals surface area contributed by atoms with E-state index in [2.05, 4.69) is 46.4 Å². The normalized spacial score (nSPS) is 23.6. The number of carbonyl (C=O) groups excluding carboxylic acids is 2. The number of sulfone groups is 2. The van der Waals surface area contributed by atoms with Gasteiger partial charge in [-0.3, -0.25) is 9.59 Å². The number of hydrogen-bond donors (Lipinski definition) is 2. The van der Waals surface area contributed by atoms with E-state index in [1.54, 1.807) is 24.3 Å². The average Bonchev–Trinajstić information content (AvgIpc) is 4.06. The van der Waals surface area contributed by atoms with Crippen LogP contribution in [-0.2, 0) is 52.0 Å². The van der Waals surface area contributed by atoms with Gasteiger partial charge in [0.2, 0.25) is 11.8 Å². The zero-order chi connectivity index (χ0) is 55.0. The molecule has 2 aliphatic carbocycles. The van der Waals surface area contributed by atoms with Crippen molar-refractivity contribution >= 4 is 101 Å². The molecule has 2 saturated carbocycles. The summed E-state index contributed by atoms with van der Waals surface area (Å²) in [6, 6.07) is 27.4. The van der Waals surface area contributed by atoms with Crippen molar-refractivity contribution in [3.63, 3.8) is 0 Å². The number of amides is 2. The van der Waals surface area contributed by atoms with Crippen molar-refractivity contribution in [2.75, 3.05) is 39.3 Å². The third-order valence-electron chi connectivity index (χ3n) is 15.1. The third-order valence-corrected chi connectivity index (χ3v) is 21.4. The molecule has 408 valence electrons. The second-order valence-electron chi connectivity index (χ2n) is 19.8. The van der Waals surface area contributed by atoms with Crippen LogP contribution < -0.4 is 10.6 Å². The predicted octanol–water partition coefficient (Wildman–Crippen LogP) is 10.6. The lowest BCUT2D eigenvalue weighted by Crippen LogP contribution is -2.56. The van der Waals surface area contributed by atoms with Gasteiger partial charge in [0.15, 0.2) is 19.7 Å². The molecule has 14 nitrogen and oxygen atoms in total. The molecule has 8 rings (SSSR count). The van der Waals surface area contributed by atoms with E-state index < -0.39 is 65.3 Å². The van der Waals surface area contributed by atoms with Gasteiger partial charge in [0.1, 0.15) is 11.1 Å². The maximum atomic E-state index is 13.6. The van der Waals surface area contributed by atoms with Crippen molar-refractivity contribution in [3.8, 4) is 12.1 Å². The molecule has 6 atom stereocenters. The van der Waals surface area contributed by atoms with Crippen molar-refractivity contribution in [2.24, 2.45) is 11.8 Å². The van der Waals surface area contributed by atoms with Gasteiger partial charge in [-0.05, 0) is 136 Å². The highest BCUT2D eigenvalue weighted by molar-refractivity contribution is 7.92. The Hall–Kier alpha value is -3.72. The monoisotopic (exact) mass is 1190 g/mol. The molecular weight excluding hydrogens is 1140 g/mol. The predicted molar refractivity (Wildman–Crippen MR) is 296 cm³/mol. The van der Waals surface area contributed by atoms with Gasteiger partial charge in [-0.2, -0.15) is 10.5 Å². The first-order valence-electron chi connectivity index (χ1n) is 25.1. The number of piperidine rings is 2. The van der Waals surface area contributed by atoms with Crippen molar-refractivity contribution in [2.45, 2.75) is 122 Å². The summed E-state index contributed by atoms with van der Waals surface area (Å²) < 4.78 is 66.6. The zero-order valence-electron chi connectivity index (χ0n) is 42.0. The molecule has 0 radical (unpaired) electrons. The molecule has 0 aromatic heterocycles. The summed E-state index contributed by atoms with van der Waals surface area (Å²) in [5, 5.41) is 26.0. The van der Waals surface area contributed by atoms with Crippen LogP contribution in [0.25, 0.3) is 0 Å². The minimum Gasteiger partial charge on any atom is -0.373 e. The van der Waals surface area contributed by atoms with Crippen molar-refractivity contribution in [1.29, 1.82) is 10.5 Å². The van der Waals surface area contributed by atoms with Crippen LogP contribution in [-0.4, -0.2) is 112 Å². The summed E-state index contributed by atoms with van der Waals surface area (Å²) in [4.78, 5) is 31.6. The van der Waals surface area contributed by atoms with Gasteiger partial charge in [-0.1, -0.05) is 108 Å². The van der Waals surface area contributed by atoms with Crippen LogP contribution >= 0.6 is 69.6 Å². The number of nitrogens with one attached hydrogen (secondary N) is 2. The van der Waals surface area contributed by atoms with Crippen molar-refractivity contribution < 1.29 is 35.9 Å². The average molecular weight is 1200 g/mol. The second kappa shape index (κ2) is 26.0. The van der Waals surface area contributed by atoms with E-state index in [1.807, 2.05) is 24.3 Å². The Kier molecular flexibility index (Phi) is 20.5. The van der Waals surface area contributed by atoms with Gasteiger partial charge in [0.25, 0.3) is 0 Å². The standard InChI is InChI=1S/2C27H30Cl3N3O4S/c2*1-2-33-11-9-27(17-31,10-12-33)32-26(34)22-14-21(38(35,36)25-8-7-20(29)13-23(25)30)15-24(22)37-16-18-3-5-19(28)6-4-18/h2*3-8,13,21-22,24H,2,9-12,14-16H2,1H3,(H,32,34)/t21?,22-,24-;21-,22-,24-/m01/s1. The van der Waals surface area contributed by atoms with Crippen LogP contribution in [0.1, 0.15) is 76.3 Å². The van der Waals surface area contributed by atoms with Crippen LogP contribution in [0.3, 0.4) is 0 Å². The lowest BCUT2D eigenvalue weighted by atomic mass is 9.88. The summed E-state index contributed by atoms with van der Waals surface area (Å²) in [5.74, 6) is -2.22. The molecule has 76 heavy (non-hydrogen) atoms. The van der Waals surface area contributed by atoms with E-state index in [4.69, 9.17) is 79.1 Å². The number of likely N-dealkylation sites (tertiary alicyclic amines) is 2. The number of nitrogens with zero attached hydrogens (tertiary/aromatic N) is 4. The van der Waals surface area contributed by atoms with Crippen LogP contribution in [0.2, 0.25) is 30.1 Å². The zero-order valence-corrected chi connectivity index (χ0v) is 48.2. The Morgan fingerprint density at radius 3 is 1.18 bits per heavy atom. The summed E-state index contributed by atoms with van der Waals surface area (Å²) in [7, 11) is -7.76. The molecule has 4 fully saturated rings. The Morgan fingerprint density at radius 1 is 0.553 bits per heavy atom. The number of ether oxygens (including phenoxy) is 2.